The van der Waals surface area contributed by atoms with E-state index >= 15 is 0 Å². The molecule has 1 rings (SSSR count). The van der Waals surface area contributed by atoms with Gasteiger partial charge in [0.2, 0.25) is 0 Å². The van der Waals surface area contributed by atoms with Gasteiger partial charge in [-0.15, -0.1) is 0 Å². The van der Waals surface area contributed by atoms with E-state index in [0.717, 1.165) is 30.2 Å². The standard InChI is InChI=1S/C16H23NO2S/c1-17(10-13-20-2)9-12-19-16-8-5-7-15(14-16)6-3-4-11-18/h5,7-8,14,18H,4,9-13H2,1-2H3. The molecular weight excluding hydrogens is 270 g/mol. The summed E-state index contributed by atoms with van der Waals surface area (Å²) in [6, 6.07) is 7.77. The van der Waals surface area contributed by atoms with E-state index in [1.807, 2.05) is 36.0 Å². The first-order chi connectivity index (χ1) is 9.76. The van der Waals surface area contributed by atoms with Crippen molar-refractivity contribution >= 4 is 11.8 Å². The summed E-state index contributed by atoms with van der Waals surface area (Å²) >= 11 is 1.86. The molecule has 0 amide bonds. The third-order valence-corrected chi connectivity index (χ3v) is 3.31. The monoisotopic (exact) mass is 293 g/mol. The predicted octanol–water partition coefficient (Wildman–Crippen LogP) is 2.09. The van der Waals surface area contributed by atoms with Gasteiger partial charge in [-0.2, -0.15) is 11.8 Å². The Labute approximate surface area is 126 Å². The van der Waals surface area contributed by atoms with Gasteiger partial charge in [-0.1, -0.05) is 17.9 Å². The largest absolute Gasteiger partial charge is 0.492 e. The lowest BCUT2D eigenvalue weighted by Gasteiger charge is -2.16. The van der Waals surface area contributed by atoms with Crippen LogP contribution in [0.3, 0.4) is 0 Å². The highest BCUT2D eigenvalue weighted by Crippen LogP contribution is 2.12. The summed E-state index contributed by atoms with van der Waals surface area (Å²) < 4.78 is 5.74. The number of hydrogen-bond acceptors (Lipinski definition) is 4. The number of nitrogens with zero attached hydrogens (tertiary/aromatic N) is 1. The van der Waals surface area contributed by atoms with E-state index in [9.17, 15) is 0 Å². The van der Waals surface area contributed by atoms with Crippen molar-refractivity contribution in [3.05, 3.63) is 29.8 Å². The quantitative estimate of drug-likeness (QED) is 0.744. The lowest BCUT2D eigenvalue weighted by atomic mass is 10.2. The zero-order valence-electron chi connectivity index (χ0n) is 12.3. The van der Waals surface area contributed by atoms with Crippen molar-refractivity contribution in [3.63, 3.8) is 0 Å². The second-order valence-electron chi connectivity index (χ2n) is 4.45. The Morgan fingerprint density at radius 2 is 2.20 bits per heavy atom. The van der Waals surface area contributed by atoms with Crippen LogP contribution >= 0.6 is 11.8 Å². The summed E-state index contributed by atoms with van der Waals surface area (Å²) in [5.41, 5.74) is 0.923. The average molecular weight is 293 g/mol. The molecule has 0 unspecified atom stereocenters. The van der Waals surface area contributed by atoms with Crippen LogP contribution in [-0.2, 0) is 0 Å². The van der Waals surface area contributed by atoms with Crippen molar-refractivity contribution in [1.82, 2.24) is 4.90 Å². The molecule has 0 heterocycles. The van der Waals surface area contributed by atoms with Crippen LogP contribution in [0.1, 0.15) is 12.0 Å². The molecule has 0 saturated carbocycles. The Morgan fingerprint density at radius 1 is 1.35 bits per heavy atom. The summed E-state index contributed by atoms with van der Waals surface area (Å²) in [6.45, 7) is 2.78. The Balaban J connectivity index is 2.37. The van der Waals surface area contributed by atoms with Gasteiger partial charge in [0, 0.05) is 30.8 Å². The number of aliphatic hydroxyl groups excluding tert-OH is 1. The molecule has 1 N–H and O–H groups in total. The van der Waals surface area contributed by atoms with Crippen molar-refractivity contribution in [2.45, 2.75) is 6.42 Å². The molecule has 0 saturated heterocycles. The number of aliphatic hydroxyl groups is 1. The first-order valence-electron chi connectivity index (χ1n) is 6.76. The van der Waals surface area contributed by atoms with Crippen LogP contribution in [0.5, 0.6) is 5.75 Å². The molecule has 1 aromatic carbocycles. The molecule has 0 atom stereocenters. The van der Waals surface area contributed by atoms with Gasteiger partial charge < -0.3 is 14.7 Å². The molecule has 0 aliphatic carbocycles. The summed E-state index contributed by atoms with van der Waals surface area (Å²) in [4.78, 5) is 2.27. The maximum absolute atomic E-state index is 8.70. The van der Waals surface area contributed by atoms with Gasteiger partial charge in [-0.05, 0) is 31.5 Å². The Morgan fingerprint density at radius 3 is 2.95 bits per heavy atom. The summed E-state index contributed by atoms with van der Waals surface area (Å²) in [5, 5.41) is 8.70. The summed E-state index contributed by atoms with van der Waals surface area (Å²) in [7, 11) is 2.11. The number of benzene rings is 1. The maximum atomic E-state index is 8.70. The highest BCUT2D eigenvalue weighted by atomic mass is 32.2. The minimum absolute atomic E-state index is 0.103. The zero-order chi connectivity index (χ0) is 14.6. The first-order valence-corrected chi connectivity index (χ1v) is 8.15. The Kier molecular flexibility index (Phi) is 8.97. The van der Waals surface area contributed by atoms with Crippen LogP contribution in [0.4, 0.5) is 0 Å². The van der Waals surface area contributed by atoms with E-state index < -0.39 is 0 Å². The van der Waals surface area contributed by atoms with Crippen LogP contribution < -0.4 is 4.74 Å². The highest BCUT2D eigenvalue weighted by molar-refractivity contribution is 7.98. The molecule has 20 heavy (non-hydrogen) atoms. The van der Waals surface area contributed by atoms with Gasteiger partial charge in [-0.25, -0.2) is 0 Å². The van der Waals surface area contributed by atoms with E-state index in [-0.39, 0.29) is 6.61 Å². The topological polar surface area (TPSA) is 32.7 Å². The molecule has 1 aromatic rings. The first kappa shape index (κ1) is 16.9. The zero-order valence-corrected chi connectivity index (χ0v) is 13.1. The van der Waals surface area contributed by atoms with E-state index in [4.69, 9.17) is 9.84 Å². The van der Waals surface area contributed by atoms with Gasteiger partial charge in [0.25, 0.3) is 0 Å². The fourth-order valence-electron chi connectivity index (χ4n) is 1.56. The molecule has 0 radical (unpaired) electrons. The van der Waals surface area contributed by atoms with E-state index in [1.54, 1.807) is 0 Å². The average Bonchev–Trinajstić information content (AvgIpc) is 2.46. The van der Waals surface area contributed by atoms with E-state index in [2.05, 4.69) is 30.0 Å². The molecule has 110 valence electrons. The predicted molar refractivity (Wildman–Crippen MR) is 86.4 cm³/mol. The number of likely N-dealkylation sites (N-methyl/N-ethyl adjacent to an activating group) is 1. The van der Waals surface area contributed by atoms with Gasteiger partial charge in [0.05, 0.1) is 6.61 Å². The third-order valence-electron chi connectivity index (χ3n) is 2.72. The normalized spacial score (nSPS) is 10.2. The van der Waals surface area contributed by atoms with Crippen LogP contribution in [0.2, 0.25) is 0 Å². The number of rotatable bonds is 8. The summed E-state index contributed by atoms with van der Waals surface area (Å²) in [6.07, 6.45) is 2.62. The SMILES string of the molecule is CSCCN(C)CCOc1cccc(C#CCCO)c1. The Bertz CT molecular complexity index is 440. The lowest BCUT2D eigenvalue weighted by molar-refractivity contribution is 0.245. The smallest absolute Gasteiger partial charge is 0.120 e. The van der Waals surface area contributed by atoms with Gasteiger partial charge in [0.1, 0.15) is 12.4 Å². The van der Waals surface area contributed by atoms with Crippen molar-refractivity contribution in [2.75, 3.05) is 45.4 Å². The fourth-order valence-corrected chi connectivity index (χ4v) is 2.06. The van der Waals surface area contributed by atoms with E-state index in [0.29, 0.717) is 13.0 Å². The number of thioether (sulfide) groups is 1. The van der Waals surface area contributed by atoms with Gasteiger partial charge in [0.15, 0.2) is 0 Å². The Hall–Kier alpha value is -1.15. The molecule has 3 nitrogen and oxygen atoms in total. The molecular formula is C16H23NO2S. The molecule has 0 bridgehead atoms. The van der Waals surface area contributed by atoms with Crippen molar-refractivity contribution < 1.29 is 9.84 Å². The van der Waals surface area contributed by atoms with Crippen LogP contribution in [0.15, 0.2) is 24.3 Å². The molecule has 0 spiro atoms. The lowest BCUT2D eigenvalue weighted by Crippen LogP contribution is -2.26. The van der Waals surface area contributed by atoms with Crippen LogP contribution in [0, 0.1) is 11.8 Å². The fraction of sp³-hybridized carbons (Fsp3) is 0.500. The summed E-state index contributed by atoms with van der Waals surface area (Å²) in [5.74, 6) is 7.91. The minimum Gasteiger partial charge on any atom is -0.492 e. The molecule has 0 aromatic heterocycles. The molecule has 4 heteroatoms. The maximum Gasteiger partial charge on any atom is 0.120 e. The molecule has 0 aliphatic rings. The number of ether oxygens (including phenoxy) is 1. The number of hydrogen-bond donors (Lipinski definition) is 1. The van der Waals surface area contributed by atoms with Gasteiger partial charge >= 0.3 is 0 Å². The third kappa shape index (κ3) is 7.44. The van der Waals surface area contributed by atoms with Crippen LogP contribution in [0.25, 0.3) is 0 Å². The second kappa shape index (κ2) is 10.6. The van der Waals surface area contributed by atoms with E-state index in [1.165, 1.54) is 0 Å². The van der Waals surface area contributed by atoms with Crippen molar-refractivity contribution in [3.8, 4) is 17.6 Å². The molecule has 0 aliphatic heterocycles. The minimum atomic E-state index is 0.103. The van der Waals surface area contributed by atoms with Gasteiger partial charge in [-0.3, -0.25) is 0 Å². The van der Waals surface area contributed by atoms with Crippen LogP contribution in [-0.4, -0.2) is 55.4 Å². The van der Waals surface area contributed by atoms with Crippen molar-refractivity contribution in [2.24, 2.45) is 0 Å². The second-order valence-corrected chi connectivity index (χ2v) is 5.43. The van der Waals surface area contributed by atoms with Crippen molar-refractivity contribution in [1.29, 1.82) is 0 Å². The highest BCUT2D eigenvalue weighted by Gasteiger charge is 1.99. The molecule has 0 fully saturated rings.